The molecule has 1 heterocycles. The van der Waals surface area contributed by atoms with Crippen LogP contribution in [0.3, 0.4) is 0 Å². The topological polar surface area (TPSA) is 99.3 Å². The number of amides is 1. The maximum Gasteiger partial charge on any atom is 0.255 e. The highest BCUT2D eigenvalue weighted by atomic mass is 32.2. The maximum absolute atomic E-state index is 12.7. The molecule has 7 nitrogen and oxygen atoms in total. The van der Waals surface area contributed by atoms with E-state index in [-0.39, 0.29) is 16.0 Å². The Morgan fingerprint density at radius 1 is 1.04 bits per heavy atom. The SMILES string of the molecule is Cc1cc(C(=O)Nc2ccc3[nH]c(=O)cc(C)c3c2)cc(S(=O)(=O)N(C)C)c1. The first kappa shape index (κ1) is 19.8. The number of sulfonamides is 1. The Balaban J connectivity index is 1.96. The molecule has 0 spiro atoms. The molecule has 28 heavy (non-hydrogen) atoms. The van der Waals surface area contributed by atoms with Crippen molar-refractivity contribution in [3.05, 3.63) is 69.5 Å². The van der Waals surface area contributed by atoms with Crippen molar-refractivity contribution in [1.82, 2.24) is 9.29 Å². The third-order valence-electron chi connectivity index (χ3n) is 4.40. The standard InChI is InChI=1S/C20H21N3O4S/c1-12-7-14(10-16(8-12)28(26,27)23(3)4)20(25)21-15-5-6-18-17(11-15)13(2)9-19(24)22-18/h5-11H,1-4H3,(H,21,25)(H,22,24). The highest BCUT2D eigenvalue weighted by Crippen LogP contribution is 2.22. The van der Waals surface area contributed by atoms with Crippen LogP contribution in [0, 0.1) is 13.8 Å². The molecule has 0 radical (unpaired) electrons. The van der Waals surface area contributed by atoms with Gasteiger partial charge < -0.3 is 10.3 Å². The van der Waals surface area contributed by atoms with Gasteiger partial charge >= 0.3 is 0 Å². The van der Waals surface area contributed by atoms with Crippen LogP contribution in [0.2, 0.25) is 0 Å². The quantitative estimate of drug-likeness (QED) is 0.704. The first-order chi connectivity index (χ1) is 13.1. The summed E-state index contributed by atoms with van der Waals surface area (Å²) in [7, 11) is -0.760. The van der Waals surface area contributed by atoms with Gasteiger partial charge in [0, 0.05) is 42.3 Å². The number of anilines is 1. The molecule has 3 rings (SSSR count). The van der Waals surface area contributed by atoms with E-state index in [2.05, 4.69) is 10.3 Å². The molecule has 0 bridgehead atoms. The highest BCUT2D eigenvalue weighted by molar-refractivity contribution is 7.89. The number of hydrogen-bond donors (Lipinski definition) is 2. The third-order valence-corrected chi connectivity index (χ3v) is 6.19. The molecule has 0 fully saturated rings. The third kappa shape index (κ3) is 3.83. The van der Waals surface area contributed by atoms with E-state index in [1.54, 1.807) is 31.2 Å². The fourth-order valence-electron chi connectivity index (χ4n) is 2.94. The Morgan fingerprint density at radius 2 is 1.75 bits per heavy atom. The molecule has 0 aliphatic carbocycles. The summed E-state index contributed by atoms with van der Waals surface area (Å²) < 4.78 is 25.9. The second-order valence-electron chi connectivity index (χ2n) is 6.85. The average Bonchev–Trinajstić information content (AvgIpc) is 2.61. The summed E-state index contributed by atoms with van der Waals surface area (Å²) in [6, 6.07) is 11.2. The van der Waals surface area contributed by atoms with E-state index in [1.807, 2.05) is 6.92 Å². The smallest absolute Gasteiger partial charge is 0.255 e. The van der Waals surface area contributed by atoms with Gasteiger partial charge in [-0.1, -0.05) is 0 Å². The molecule has 3 aromatic rings. The molecular formula is C20H21N3O4S. The van der Waals surface area contributed by atoms with Crippen molar-refractivity contribution in [2.75, 3.05) is 19.4 Å². The minimum Gasteiger partial charge on any atom is -0.322 e. The molecule has 1 amide bonds. The Kier molecular flexibility index (Phi) is 5.10. The number of aromatic nitrogens is 1. The van der Waals surface area contributed by atoms with Gasteiger partial charge in [-0.25, -0.2) is 12.7 Å². The number of benzene rings is 2. The van der Waals surface area contributed by atoms with Crippen LogP contribution in [-0.4, -0.2) is 37.7 Å². The van der Waals surface area contributed by atoms with Crippen molar-refractivity contribution < 1.29 is 13.2 Å². The van der Waals surface area contributed by atoms with Crippen molar-refractivity contribution in [3.63, 3.8) is 0 Å². The maximum atomic E-state index is 12.7. The van der Waals surface area contributed by atoms with Gasteiger partial charge in [0.25, 0.3) is 5.91 Å². The lowest BCUT2D eigenvalue weighted by Crippen LogP contribution is -2.23. The monoisotopic (exact) mass is 399 g/mol. The molecule has 1 aromatic heterocycles. The Labute approximate surface area is 163 Å². The van der Waals surface area contributed by atoms with Crippen molar-refractivity contribution in [2.24, 2.45) is 0 Å². The highest BCUT2D eigenvalue weighted by Gasteiger charge is 2.20. The summed E-state index contributed by atoms with van der Waals surface area (Å²) in [6.45, 7) is 3.56. The summed E-state index contributed by atoms with van der Waals surface area (Å²) in [6.07, 6.45) is 0. The predicted molar refractivity (Wildman–Crippen MR) is 109 cm³/mol. The van der Waals surface area contributed by atoms with Gasteiger partial charge in [0.1, 0.15) is 0 Å². The predicted octanol–water partition coefficient (Wildman–Crippen LogP) is 2.65. The van der Waals surface area contributed by atoms with Crippen LogP contribution in [0.1, 0.15) is 21.5 Å². The summed E-state index contributed by atoms with van der Waals surface area (Å²) in [5, 5.41) is 3.61. The minimum absolute atomic E-state index is 0.0644. The van der Waals surface area contributed by atoms with E-state index in [1.165, 1.54) is 32.3 Å². The van der Waals surface area contributed by atoms with Gasteiger partial charge in [-0.15, -0.1) is 0 Å². The van der Waals surface area contributed by atoms with Crippen LogP contribution in [-0.2, 0) is 10.0 Å². The van der Waals surface area contributed by atoms with Crippen molar-refractivity contribution in [1.29, 1.82) is 0 Å². The van der Waals surface area contributed by atoms with Gasteiger partial charge in [0.05, 0.1) is 4.90 Å². The molecule has 0 aliphatic heterocycles. The van der Waals surface area contributed by atoms with Gasteiger partial charge in [-0.05, 0) is 61.4 Å². The molecule has 0 atom stereocenters. The lowest BCUT2D eigenvalue weighted by atomic mass is 10.1. The zero-order valence-electron chi connectivity index (χ0n) is 16.0. The zero-order valence-corrected chi connectivity index (χ0v) is 16.8. The largest absolute Gasteiger partial charge is 0.322 e. The fraction of sp³-hybridized carbons (Fsp3) is 0.200. The van der Waals surface area contributed by atoms with E-state index >= 15 is 0 Å². The molecule has 146 valence electrons. The van der Waals surface area contributed by atoms with Crippen LogP contribution >= 0.6 is 0 Å². The van der Waals surface area contributed by atoms with Crippen LogP contribution in [0.4, 0.5) is 5.69 Å². The summed E-state index contributed by atoms with van der Waals surface area (Å²) in [5.74, 6) is -0.416. The Morgan fingerprint density at radius 3 is 2.43 bits per heavy atom. The molecule has 2 aromatic carbocycles. The molecule has 2 N–H and O–H groups in total. The number of nitrogens with one attached hydrogen (secondary N) is 2. The fourth-order valence-corrected chi connectivity index (χ4v) is 3.97. The number of pyridine rings is 1. The number of fused-ring (bicyclic) bond motifs is 1. The lowest BCUT2D eigenvalue weighted by Gasteiger charge is -2.14. The number of aromatic amines is 1. The molecule has 0 aliphatic rings. The Bertz CT molecular complexity index is 1240. The number of rotatable bonds is 4. The summed E-state index contributed by atoms with van der Waals surface area (Å²) in [5.41, 5.74) is 2.75. The molecule has 0 saturated carbocycles. The summed E-state index contributed by atoms with van der Waals surface area (Å²) >= 11 is 0. The molecule has 0 unspecified atom stereocenters. The summed E-state index contributed by atoms with van der Waals surface area (Å²) in [4.78, 5) is 27.1. The minimum atomic E-state index is -3.65. The van der Waals surface area contributed by atoms with E-state index < -0.39 is 15.9 Å². The molecular weight excluding hydrogens is 378 g/mol. The van der Waals surface area contributed by atoms with Crippen LogP contribution < -0.4 is 10.9 Å². The van der Waals surface area contributed by atoms with Gasteiger partial charge in [0.2, 0.25) is 15.6 Å². The van der Waals surface area contributed by atoms with Gasteiger partial charge in [-0.2, -0.15) is 0 Å². The lowest BCUT2D eigenvalue weighted by molar-refractivity contribution is 0.102. The second-order valence-corrected chi connectivity index (χ2v) is 9.01. The number of nitrogens with zero attached hydrogens (tertiary/aromatic N) is 1. The van der Waals surface area contributed by atoms with Crippen LogP contribution in [0.5, 0.6) is 0 Å². The Hall–Kier alpha value is -2.97. The second kappa shape index (κ2) is 7.21. The zero-order chi connectivity index (χ0) is 20.6. The van der Waals surface area contributed by atoms with E-state index in [9.17, 15) is 18.0 Å². The van der Waals surface area contributed by atoms with Crippen LogP contribution in [0.15, 0.2) is 52.2 Å². The molecule has 0 saturated heterocycles. The van der Waals surface area contributed by atoms with E-state index in [0.717, 1.165) is 15.3 Å². The number of H-pyrrole nitrogens is 1. The van der Waals surface area contributed by atoms with E-state index in [0.29, 0.717) is 16.8 Å². The first-order valence-corrected chi connectivity index (χ1v) is 10.0. The number of hydrogen-bond acceptors (Lipinski definition) is 4. The average molecular weight is 399 g/mol. The van der Waals surface area contributed by atoms with Crippen molar-refractivity contribution in [2.45, 2.75) is 18.7 Å². The van der Waals surface area contributed by atoms with Crippen molar-refractivity contribution in [3.8, 4) is 0 Å². The number of carbonyl (C=O) groups is 1. The number of carbonyl (C=O) groups excluding carboxylic acids is 1. The first-order valence-electron chi connectivity index (χ1n) is 8.57. The normalized spacial score (nSPS) is 11.8. The van der Waals surface area contributed by atoms with Crippen LogP contribution in [0.25, 0.3) is 10.9 Å². The van der Waals surface area contributed by atoms with E-state index in [4.69, 9.17) is 0 Å². The van der Waals surface area contributed by atoms with Crippen molar-refractivity contribution >= 4 is 32.5 Å². The van der Waals surface area contributed by atoms with Gasteiger partial charge in [-0.3, -0.25) is 9.59 Å². The molecule has 8 heteroatoms. The van der Waals surface area contributed by atoms with Gasteiger partial charge in [0.15, 0.2) is 0 Å². The number of aryl methyl sites for hydroxylation is 2.